The number of nitrogens with one attached hydrogen (secondary N) is 2. The van der Waals surface area contributed by atoms with E-state index in [9.17, 15) is 19.7 Å². The summed E-state index contributed by atoms with van der Waals surface area (Å²) in [4.78, 5) is 35.3. The number of hydrogen-bond donors (Lipinski definition) is 2. The molecule has 1 atom stereocenters. The van der Waals surface area contributed by atoms with Crippen LogP contribution in [0.2, 0.25) is 15.1 Å². The summed E-state index contributed by atoms with van der Waals surface area (Å²) in [6.07, 6.45) is 1.18. The van der Waals surface area contributed by atoms with Crippen LogP contribution in [0.25, 0.3) is 0 Å². The fourth-order valence-electron chi connectivity index (χ4n) is 2.41. The highest BCUT2D eigenvalue weighted by Gasteiger charge is 2.25. The molecule has 11 heteroatoms. The SMILES string of the molecule is CC(C)C(NC(=O)c1ccc(Cl)cc1Cl)C(=O)N/N=C/c1cc([N+](=O)[O-])ccc1Cl. The number of carbonyl (C=O) groups is 2. The van der Waals surface area contributed by atoms with Crippen molar-refractivity contribution in [2.45, 2.75) is 19.9 Å². The third-order valence-corrected chi connectivity index (χ3v) is 4.87. The Balaban J connectivity index is 2.11. The maximum Gasteiger partial charge on any atom is 0.270 e. The molecule has 2 N–H and O–H groups in total. The van der Waals surface area contributed by atoms with E-state index >= 15 is 0 Å². The number of rotatable bonds is 7. The number of benzene rings is 2. The molecule has 0 heterocycles. The van der Waals surface area contributed by atoms with Crippen LogP contribution < -0.4 is 10.7 Å². The van der Waals surface area contributed by atoms with Crippen LogP contribution in [0.5, 0.6) is 0 Å². The number of nitro groups is 1. The van der Waals surface area contributed by atoms with Gasteiger partial charge in [0, 0.05) is 27.7 Å². The second kappa shape index (κ2) is 10.4. The van der Waals surface area contributed by atoms with Gasteiger partial charge in [0.15, 0.2) is 0 Å². The van der Waals surface area contributed by atoms with E-state index in [2.05, 4.69) is 15.8 Å². The molecule has 158 valence electrons. The van der Waals surface area contributed by atoms with Gasteiger partial charge in [-0.2, -0.15) is 5.10 Å². The Morgan fingerprint density at radius 1 is 1.10 bits per heavy atom. The lowest BCUT2D eigenvalue weighted by molar-refractivity contribution is -0.384. The first-order valence-corrected chi connectivity index (χ1v) is 9.76. The predicted octanol–water partition coefficient (Wildman–Crippen LogP) is 4.46. The van der Waals surface area contributed by atoms with E-state index in [1.165, 1.54) is 42.6 Å². The van der Waals surface area contributed by atoms with E-state index in [1.54, 1.807) is 13.8 Å². The topological polar surface area (TPSA) is 114 Å². The van der Waals surface area contributed by atoms with Gasteiger partial charge in [-0.1, -0.05) is 48.7 Å². The molecular weight excluding hydrogens is 455 g/mol. The van der Waals surface area contributed by atoms with Crippen LogP contribution in [0.15, 0.2) is 41.5 Å². The molecule has 0 aliphatic rings. The maximum absolute atomic E-state index is 12.5. The van der Waals surface area contributed by atoms with Crippen LogP contribution in [0, 0.1) is 16.0 Å². The molecule has 0 spiro atoms. The van der Waals surface area contributed by atoms with Gasteiger partial charge in [0.1, 0.15) is 6.04 Å². The Morgan fingerprint density at radius 2 is 1.80 bits per heavy atom. The zero-order valence-electron chi connectivity index (χ0n) is 15.9. The van der Waals surface area contributed by atoms with E-state index < -0.39 is 22.8 Å². The molecule has 0 fully saturated rings. The number of hydrazone groups is 1. The van der Waals surface area contributed by atoms with Crippen LogP contribution in [-0.2, 0) is 4.79 Å². The van der Waals surface area contributed by atoms with Crippen molar-refractivity contribution in [1.82, 2.24) is 10.7 Å². The summed E-state index contributed by atoms with van der Waals surface area (Å²) >= 11 is 17.9. The highest BCUT2D eigenvalue weighted by Crippen LogP contribution is 2.22. The molecule has 1 unspecified atom stereocenters. The fraction of sp³-hybridized carbons (Fsp3) is 0.211. The van der Waals surface area contributed by atoms with Gasteiger partial charge in [0.25, 0.3) is 17.5 Å². The van der Waals surface area contributed by atoms with Crippen molar-refractivity contribution in [3.63, 3.8) is 0 Å². The molecule has 0 saturated carbocycles. The van der Waals surface area contributed by atoms with Crippen molar-refractivity contribution >= 4 is 58.5 Å². The van der Waals surface area contributed by atoms with E-state index in [0.29, 0.717) is 5.02 Å². The molecule has 0 saturated heterocycles. The minimum atomic E-state index is -0.915. The summed E-state index contributed by atoms with van der Waals surface area (Å²) in [5, 5.41) is 18.0. The number of hydrogen-bond acceptors (Lipinski definition) is 5. The van der Waals surface area contributed by atoms with Crippen molar-refractivity contribution in [1.29, 1.82) is 0 Å². The van der Waals surface area contributed by atoms with Gasteiger partial charge in [-0.15, -0.1) is 0 Å². The second-order valence-electron chi connectivity index (χ2n) is 6.52. The van der Waals surface area contributed by atoms with Crippen LogP contribution in [-0.4, -0.2) is 29.0 Å². The standard InChI is InChI=1S/C19H17Cl3N4O4/c1-10(2)17(24-18(27)14-5-3-12(20)8-16(14)22)19(28)25-23-9-11-7-13(26(29)30)4-6-15(11)21/h3-10,17H,1-2H3,(H,24,27)(H,25,28)/b23-9+. The smallest absolute Gasteiger partial charge is 0.270 e. The van der Waals surface area contributed by atoms with E-state index in [4.69, 9.17) is 34.8 Å². The molecule has 0 radical (unpaired) electrons. The van der Waals surface area contributed by atoms with Gasteiger partial charge in [0.2, 0.25) is 0 Å². The Bertz CT molecular complexity index is 1010. The number of halogens is 3. The molecule has 2 rings (SSSR count). The van der Waals surface area contributed by atoms with Crippen molar-refractivity contribution in [2.75, 3.05) is 0 Å². The third kappa shape index (κ3) is 6.16. The molecule has 8 nitrogen and oxygen atoms in total. The Hall–Kier alpha value is -2.68. The minimum Gasteiger partial charge on any atom is -0.340 e. The lowest BCUT2D eigenvalue weighted by Gasteiger charge is -2.20. The Labute approximate surface area is 187 Å². The van der Waals surface area contributed by atoms with Crippen molar-refractivity contribution in [2.24, 2.45) is 11.0 Å². The average Bonchev–Trinajstić information content (AvgIpc) is 2.66. The van der Waals surface area contributed by atoms with Crippen LogP contribution in [0.4, 0.5) is 5.69 Å². The third-order valence-electron chi connectivity index (χ3n) is 3.98. The number of nitro benzene ring substituents is 1. The number of amides is 2. The molecule has 2 amide bonds. The van der Waals surface area contributed by atoms with Gasteiger partial charge in [0.05, 0.1) is 21.7 Å². The first kappa shape index (κ1) is 23.6. The highest BCUT2D eigenvalue weighted by atomic mass is 35.5. The first-order chi connectivity index (χ1) is 14.1. The summed E-state index contributed by atoms with van der Waals surface area (Å²) in [6.45, 7) is 3.49. The van der Waals surface area contributed by atoms with E-state index in [1.807, 2.05) is 0 Å². The van der Waals surface area contributed by atoms with Crippen molar-refractivity contribution in [3.05, 3.63) is 72.7 Å². The van der Waals surface area contributed by atoms with Crippen LogP contribution in [0.1, 0.15) is 29.8 Å². The Morgan fingerprint density at radius 3 is 2.40 bits per heavy atom. The molecular formula is C19H17Cl3N4O4. The maximum atomic E-state index is 12.5. The monoisotopic (exact) mass is 470 g/mol. The van der Waals surface area contributed by atoms with Crippen molar-refractivity contribution in [3.8, 4) is 0 Å². The summed E-state index contributed by atoms with van der Waals surface area (Å²) in [6, 6.07) is 7.32. The minimum absolute atomic E-state index is 0.154. The number of nitrogens with zero attached hydrogens (tertiary/aromatic N) is 2. The highest BCUT2D eigenvalue weighted by molar-refractivity contribution is 6.36. The first-order valence-electron chi connectivity index (χ1n) is 8.63. The van der Waals surface area contributed by atoms with Gasteiger partial charge in [-0.3, -0.25) is 19.7 Å². The van der Waals surface area contributed by atoms with E-state index in [0.717, 1.165) is 0 Å². The van der Waals surface area contributed by atoms with Gasteiger partial charge in [-0.05, 0) is 30.2 Å². The quantitative estimate of drug-likeness (QED) is 0.352. The summed E-state index contributed by atoms with van der Waals surface area (Å²) in [5.74, 6) is -1.39. The molecule has 2 aromatic carbocycles. The van der Waals surface area contributed by atoms with E-state index in [-0.39, 0.29) is 32.8 Å². The molecule has 30 heavy (non-hydrogen) atoms. The fourth-order valence-corrected chi connectivity index (χ4v) is 3.07. The van der Waals surface area contributed by atoms with Gasteiger partial charge < -0.3 is 5.32 Å². The normalized spacial score (nSPS) is 12.1. The lowest BCUT2D eigenvalue weighted by Crippen LogP contribution is -2.48. The largest absolute Gasteiger partial charge is 0.340 e. The number of carbonyl (C=O) groups excluding carboxylic acids is 2. The molecule has 0 aliphatic heterocycles. The molecule has 2 aromatic rings. The zero-order valence-corrected chi connectivity index (χ0v) is 18.1. The summed E-state index contributed by atoms with van der Waals surface area (Å²) in [5.41, 5.74) is 2.56. The Kier molecular flexibility index (Phi) is 8.16. The van der Waals surface area contributed by atoms with Gasteiger partial charge in [-0.25, -0.2) is 5.43 Å². The molecule has 0 aliphatic carbocycles. The van der Waals surface area contributed by atoms with Crippen LogP contribution >= 0.6 is 34.8 Å². The molecule has 0 bridgehead atoms. The van der Waals surface area contributed by atoms with Gasteiger partial charge >= 0.3 is 0 Å². The average molecular weight is 472 g/mol. The van der Waals surface area contributed by atoms with Crippen molar-refractivity contribution < 1.29 is 14.5 Å². The summed E-state index contributed by atoms with van der Waals surface area (Å²) in [7, 11) is 0. The molecule has 0 aromatic heterocycles. The summed E-state index contributed by atoms with van der Waals surface area (Å²) < 4.78 is 0. The second-order valence-corrected chi connectivity index (χ2v) is 7.77. The zero-order chi connectivity index (χ0) is 22.4. The predicted molar refractivity (Wildman–Crippen MR) is 116 cm³/mol. The number of non-ortho nitro benzene ring substituents is 1. The lowest BCUT2D eigenvalue weighted by atomic mass is 10.0. The van der Waals surface area contributed by atoms with Crippen LogP contribution in [0.3, 0.4) is 0 Å².